The second-order valence-corrected chi connectivity index (χ2v) is 26.4. The number of benzene rings is 13. The Morgan fingerprint density at radius 3 is 0.478 bits per heavy atom. The van der Waals surface area contributed by atoms with Crippen LogP contribution in [0.1, 0.15) is 279 Å². The lowest BCUT2D eigenvalue weighted by atomic mass is 9.68. The maximum absolute atomic E-state index is 2.30. The molecule has 0 aliphatic heterocycles. The summed E-state index contributed by atoms with van der Waals surface area (Å²) in [5, 5.41) is 0. The fourth-order valence-corrected chi connectivity index (χ4v) is 15.3. The van der Waals surface area contributed by atoms with Crippen LogP contribution in [0, 0.1) is 41.5 Å². The molecule has 0 nitrogen and oxygen atoms in total. The second-order valence-electron chi connectivity index (χ2n) is 26.4. The van der Waals surface area contributed by atoms with E-state index < -0.39 is 0 Å². The van der Waals surface area contributed by atoms with Crippen molar-refractivity contribution in [1.82, 2.24) is 0 Å². The van der Waals surface area contributed by atoms with E-state index in [-0.39, 0.29) is 16.2 Å². The van der Waals surface area contributed by atoms with Crippen molar-refractivity contribution in [1.29, 1.82) is 0 Å². The smallest absolute Gasteiger partial charge is 0.0683 e. The Morgan fingerprint density at radius 1 is 0.174 bits per heavy atom. The highest BCUT2D eigenvalue weighted by atomic mass is 14.5. The zero-order valence-electron chi connectivity index (χ0n) is 77.7. The summed E-state index contributed by atoms with van der Waals surface area (Å²) in [5.41, 5.74) is 34.0. The number of hydrogen-bond acceptors (Lipinski definition) is 0. The first-order chi connectivity index (χ1) is 56.2. The van der Waals surface area contributed by atoms with Crippen LogP contribution in [0.25, 0.3) is 33.4 Å². The molecule has 115 heavy (non-hydrogen) atoms. The van der Waals surface area contributed by atoms with E-state index in [4.69, 9.17) is 0 Å². The average molecular weight is 1530 g/mol. The van der Waals surface area contributed by atoms with Gasteiger partial charge in [0.15, 0.2) is 0 Å². The molecule has 0 aromatic heterocycles. The molecule has 0 spiro atoms. The van der Waals surface area contributed by atoms with Gasteiger partial charge in [0.1, 0.15) is 0 Å². The lowest BCUT2D eigenvalue weighted by Gasteiger charge is -2.33. The fraction of sp³-hybridized carbons (Fsp3) is 0.322. The molecule has 0 radical (unpaired) electrons. The molecule has 0 saturated carbocycles. The quantitative estimate of drug-likeness (QED) is 0.149. The highest BCUT2D eigenvalue weighted by molar-refractivity contribution is 5.88. The van der Waals surface area contributed by atoms with Crippen LogP contribution in [0.3, 0.4) is 0 Å². The largest absolute Gasteiger partial charge is 0.0713 e. The minimum atomic E-state index is -0.254. The Labute approximate surface area is 706 Å². The number of rotatable bonds is 7. The normalized spacial score (nSPS) is 11.2. The van der Waals surface area contributed by atoms with Gasteiger partial charge in [0, 0.05) is 5.41 Å². The van der Waals surface area contributed by atoms with Crippen molar-refractivity contribution >= 4 is 0 Å². The summed E-state index contributed by atoms with van der Waals surface area (Å²) in [6, 6.07) is 116. The van der Waals surface area contributed by atoms with Crippen molar-refractivity contribution in [3.8, 4) is 33.4 Å². The Morgan fingerprint density at radius 2 is 0.313 bits per heavy atom. The van der Waals surface area contributed by atoms with Gasteiger partial charge in [-0.2, -0.15) is 0 Å². The van der Waals surface area contributed by atoms with Gasteiger partial charge in [-0.25, -0.2) is 0 Å². The molecule has 13 aromatic rings. The van der Waals surface area contributed by atoms with Gasteiger partial charge in [-0.05, 0) is 167 Å². The first-order valence-electron chi connectivity index (χ1n) is 44.2. The van der Waals surface area contributed by atoms with E-state index in [1.807, 2.05) is 138 Å². The van der Waals surface area contributed by atoms with Crippen molar-refractivity contribution in [3.05, 3.63) is 427 Å². The molecule has 0 amide bonds. The third-order valence-corrected chi connectivity index (χ3v) is 19.3. The zero-order valence-corrected chi connectivity index (χ0v) is 77.7. The zero-order chi connectivity index (χ0) is 86.5. The molecule has 3 aliphatic carbocycles. The van der Waals surface area contributed by atoms with Crippen molar-refractivity contribution in [2.75, 3.05) is 0 Å². The van der Waals surface area contributed by atoms with Crippen molar-refractivity contribution in [3.63, 3.8) is 0 Å². The van der Waals surface area contributed by atoms with Gasteiger partial charge in [-0.15, -0.1) is 0 Å². The standard InChI is InChI=1S/2C25H18.C15H14.3C10H14.10C2H6/c2*1-3-11-19(12-4-1)25(20-13-5-2-6-14-20)23-17-9-7-15-21(23)22-16-8-10-18-24(22)25;1-15(2)13-9-5-3-7-11(13)12-8-4-6-10-14(12)15;3*1-4-10-6-8(2)5-9(3)7-10;10*1-2/h2*1-18H;3-10H,1-2H3;3*5-7H,4H2,1-3H3;10*1-2H3. The topological polar surface area (TPSA) is 0 Å². The van der Waals surface area contributed by atoms with E-state index in [1.54, 1.807) is 0 Å². The third-order valence-electron chi connectivity index (χ3n) is 19.3. The number of aryl methyl sites for hydroxylation is 9. The molecule has 0 heterocycles. The van der Waals surface area contributed by atoms with Gasteiger partial charge < -0.3 is 0 Å². The summed E-state index contributed by atoms with van der Waals surface area (Å²) in [5.74, 6) is 0. The number of hydrogen-bond donors (Lipinski definition) is 0. The first-order valence-corrected chi connectivity index (χ1v) is 44.2. The number of fused-ring (bicyclic) bond motifs is 9. The highest BCUT2D eigenvalue weighted by Gasteiger charge is 2.47. The van der Waals surface area contributed by atoms with E-state index in [0.717, 1.165) is 19.3 Å². The van der Waals surface area contributed by atoms with Crippen LogP contribution in [-0.4, -0.2) is 0 Å². The van der Waals surface area contributed by atoms with Gasteiger partial charge in [-0.3, -0.25) is 0 Å². The molecule has 0 unspecified atom stereocenters. The Balaban J connectivity index is 0.000000683. The van der Waals surface area contributed by atoms with Crippen molar-refractivity contribution < 1.29 is 0 Å². The summed E-state index contributed by atoms with van der Waals surface area (Å²) < 4.78 is 0. The summed E-state index contributed by atoms with van der Waals surface area (Å²) in [6.45, 7) is 64.0. The molecular formula is C115H152. The first kappa shape index (κ1) is 103. The SMILES string of the molecule is CC.CC.CC.CC.CC.CC.CC.CC.CC.CC.CC1(C)c2ccccc2-c2ccccc21.CCc1cc(C)cc(C)c1.CCc1cc(C)cc(C)c1.CCc1cc(C)cc(C)c1.c1ccc(C2(c3ccccc3)c3ccccc3-c3ccccc32)cc1.c1ccc(C2(c3ccccc3)c3ccccc3-c3ccccc32)cc1. The van der Waals surface area contributed by atoms with E-state index in [1.165, 1.54) is 139 Å². The van der Waals surface area contributed by atoms with Crippen LogP contribution in [0.5, 0.6) is 0 Å². The molecule has 0 fully saturated rings. The van der Waals surface area contributed by atoms with Crippen LogP contribution < -0.4 is 0 Å². The molecule has 612 valence electrons. The average Bonchev–Trinajstić information content (AvgIpc) is 1.56. The highest BCUT2D eigenvalue weighted by Crippen LogP contribution is 2.57. The summed E-state index contributed by atoms with van der Waals surface area (Å²) in [4.78, 5) is 0. The lowest BCUT2D eigenvalue weighted by Crippen LogP contribution is -2.28. The Bertz CT molecular complexity index is 4100. The Kier molecular flexibility index (Phi) is 51.0. The van der Waals surface area contributed by atoms with Gasteiger partial charge in [0.2, 0.25) is 0 Å². The van der Waals surface area contributed by atoms with Crippen LogP contribution in [-0.2, 0) is 35.5 Å². The maximum Gasteiger partial charge on any atom is 0.0713 e. The van der Waals surface area contributed by atoms with Crippen molar-refractivity contribution in [2.24, 2.45) is 0 Å². The Hall–Kier alpha value is -10.1. The molecule has 0 saturated heterocycles. The van der Waals surface area contributed by atoms with Gasteiger partial charge in [0.05, 0.1) is 10.8 Å². The van der Waals surface area contributed by atoms with Crippen LogP contribution in [0.4, 0.5) is 0 Å². The van der Waals surface area contributed by atoms with E-state index >= 15 is 0 Å². The minimum Gasteiger partial charge on any atom is -0.0683 e. The summed E-state index contributed by atoms with van der Waals surface area (Å²) in [6.07, 6.45) is 3.42. The summed E-state index contributed by atoms with van der Waals surface area (Å²) in [7, 11) is 0. The van der Waals surface area contributed by atoms with Gasteiger partial charge in [0.25, 0.3) is 0 Å². The molecule has 3 aliphatic rings. The molecule has 0 N–H and O–H groups in total. The van der Waals surface area contributed by atoms with Gasteiger partial charge >= 0.3 is 0 Å². The molecular weight excluding hydrogens is 1380 g/mol. The van der Waals surface area contributed by atoms with Gasteiger partial charge in [-0.1, -0.05) is 528 Å². The van der Waals surface area contributed by atoms with E-state index in [2.05, 4.69) is 398 Å². The fourth-order valence-electron chi connectivity index (χ4n) is 15.3. The van der Waals surface area contributed by atoms with Crippen molar-refractivity contribution in [2.45, 2.75) is 250 Å². The van der Waals surface area contributed by atoms with Crippen LogP contribution in [0.2, 0.25) is 0 Å². The third kappa shape index (κ3) is 26.4. The molecule has 16 rings (SSSR count). The molecule has 0 atom stereocenters. The van der Waals surface area contributed by atoms with Crippen LogP contribution >= 0.6 is 0 Å². The van der Waals surface area contributed by atoms with E-state index in [0.29, 0.717) is 0 Å². The lowest BCUT2D eigenvalue weighted by molar-refractivity contribution is 0.660. The minimum absolute atomic E-state index is 0.160. The molecule has 13 aromatic carbocycles. The second kappa shape index (κ2) is 57.0. The molecule has 0 bridgehead atoms. The van der Waals surface area contributed by atoms with Crippen LogP contribution in [0.15, 0.2) is 322 Å². The monoisotopic (exact) mass is 1530 g/mol. The maximum atomic E-state index is 2.30. The molecule has 0 heteroatoms. The van der Waals surface area contributed by atoms with E-state index in [9.17, 15) is 0 Å². The summed E-state index contributed by atoms with van der Waals surface area (Å²) >= 11 is 0. The predicted octanol–water partition coefficient (Wildman–Crippen LogP) is 35.0. The predicted molar refractivity (Wildman–Crippen MR) is 521 cm³/mol.